The molecule has 9 nitrogen and oxygen atoms in total. The van der Waals surface area contributed by atoms with Crippen LogP contribution in [0.3, 0.4) is 0 Å². The van der Waals surface area contributed by atoms with Crippen molar-refractivity contribution in [3.05, 3.63) is 58.6 Å². The normalized spacial score (nSPS) is 25.5. The highest BCUT2D eigenvalue weighted by atomic mass is 35.5. The highest BCUT2D eigenvalue weighted by molar-refractivity contribution is 7.99. The van der Waals surface area contributed by atoms with Crippen molar-refractivity contribution in [2.75, 3.05) is 49.0 Å². The van der Waals surface area contributed by atoms with Gasteiger partial charge in [0.1, 0.15) is 17.5 Å². The van der Waals surface area contributed by atoms with Crippen molar-refractivity contribution in [2.24, 2.45) is 4.99 Å². The van der Waals surface area contributed by atoms with E-state index in [1.807, 2.05) is 0 Å². The third-order valence-corrected chi connectivity index (χ3v) is 11.6. The molecule has 6 rings (SSSR count). The zero-order valence-electron chi connectivity index (χ0n) is 23.5. The fourth-order valence-corrected chi connectivity index (χ4v) is 10.0. The van der Waals surface area contributed by atoms with Gasteiger partial charge in [-0.1, -0.05) is 18.2 Å². The molecular formula is C28H26ClF5N4O5S2. The topological polar surface area (TPSA) is 103 Å². The van der Waals surface area contributed by atoms with E-state index in [0.29, 0.717) is 6.07 Å². The molecule has 2 aromatic carbocycles. The van der Waals surface area contributed by atoms with Crippen molar-refractivity contribution in [1.82, 2.24) is 9.80 Å². The van der Waals surface area contributed by atoms with Crippen LogP contribution in [0, 0.1) is 11.6 Å². The lowest BCUT2D eigenvalue weighted by Crippen LogP contribution is -2.63. The Kier molecular flexibility index (Phi) is 8.12. The summed E-state index contributed by atoms with van der Waals surface area (Å²) in [5.74, 6) is -3.64. The zero-order valence-corrected chi connectivity index (χ0v) is 25.9. The predicted octanol–water partition coefficient (Wildman–Crippen LogP) is 3.76. The van der Waals surface area contributed by atoms with Crippen molar-refractivity contribution in [1.29, 1.82) is 0 Å². The lowest BCUT2D eigenvalue weighted by Gasteiger charge is -2.49. The summed E-state index contributed by atoms with van der Waals surface area (Å²) in [6.07, 6.45) is -5.61. The summed E-state index contributed by atoms with van der Waals surface area (Å²) in [5.41, 5.74) is -2.38. The van der Waals surface area contributed by atoms with Gasteiger partial charge in [-0.15, -0.1) is 11.8 Å². The predicted molar refractivity (Wildman–Crippen MR) is 158 cm³/mol. The van der Waals surface area contributed by atoms with Crippen LogP contribution in [0.1, 0.15) is 11.1 Å². The van der Waals surface area contributed by atoms with Crippen LogP contribution < -0.4 is 4.90 Å². The largest absolute Gasteiger partial charge is 0.417 e. The van der Waals surface area contributed by atoms with Gasteiger partial charge in [0, 0.05) is 53.6 Å². The lowest BCUT2D eigenvalue weighted by atomic mass is 9.91. The van der Waals surface area contributed by atoms with Gasteiger partial charge in [-0.3, -0.25) is 4.79 Å². The maximum absolute atomic E-state index is 15.3. The van der Waals surface area contributed by atoms with Crippen molar-refractivity contribution in [2.45, 2.75) is 35.5 Å². The standard InChI is InChI=1S/C28H26ClF5N4O5S2/c1-3-22(39)36-4-5-37(21-12-45(41,42)11-20(21)36)26-15-6-16(28(32,33)34)23(14-7-17(29)19(31)8-18(14)30)25-24(15)38(27(40)35-26)13(9-43-2)10-44-25/h3,6-8,13,20-21,27,40H,1,4-5,9-12H2,2H3/t13-,20?,21?,27?/m0/s1. The van der Waals surface area contributed by atoms with Crippen molar-refractivity contribution >= 4 is 50.6 Å². The van der Waals surface area contributed by atoms with Crippen LogP contribution in [0.15, 0.2) is 40.7 Å². The lowest BCUT2D eigenvalue weighted by molar-refractivity contribution is -0.137. The van der Waals surface area contributed by atoms with E-state index in [9.17, 15) is 35.9 Å². The number of anilines is 1. The first-order valence-corrected chi connectivity index (χ1v) is 16.8. The van der Waals surface area contributed by atoms with E-state index in [1.165, 1.54) is 21.8 Å². The smallest absolute Gasteiger partial charge is 0.383 e. The molecule has 0 radical (unpaired) electrons. The summed E-state index contributed by atoms with van der Waals surface area (Å²) < 4.78 is 105. The first-order chi connectivity index (χ1) is 21.2. The van der Waals surface area contributed by atoms with Gasteiger partial charge in [-0.2, -0.15) is 13.2 Å². The molecule has 242 valence electrons. The van der Waals surface area contributed by atoms with E-state index >= 15 is 4.39 Å². The molecule has 1 N–H and O–H groups in total. The number of amides is 1. The molecule has 4 aliphatic heterocycles. The van der Waals surface area contributed by atoms with Crippen molar-refractivity contribution in [3.8, 4) is 11.1 Å². The van der Waals surface area contributed by atoms with E-state index in [0.717, 1.165) is 30.0 Å². The number of piperazine rings is 1. The zero-order chi connectivity index (χ0) is 32.6. The maximum Gasteiger partial charge on any atom is 0.417 e. The summed E-state index contributed by atoms with van der Waals surface area (Å²) in [6, 6.07) is -0.291. The number of amidine groups is 1. The number of rotatable bonds is 4. The van der Waals surface area contributed by atoms with Gasteiger partial charge in [0.15, 0.2) is 9.84 Å². The fraction of sp³-hybridized carbons (Fsp3) is 0.429. The number of fused-ring (bicyclic) bond motifs is 1. The molecule has 2 fully saturated rings. The molecule has 1 amide bonds. The summed E-state index contributed by atoms with van der Waals surface area (Å²) >= 11 is 6.89. The number of methoxy groups -OCH3 is 1. The molecular weight excluding hydrogens is 667 g/mol. The van der Waals surface area contributed by atoms with Crippen molar-refractivity contribution < 1.29 is 45.0 Å². The number of alkyl halides is 3. The number of aliphatic imine (C=N–C) groups is 1. The highest BCUT2D eigenvalue weighted by Gasteiger charge is 2.51. The van der Waals surface area contributed by atoms with E-state index in [2.05, 4.69) is 11.6 Å². The summed E-state index contributed by atoms with van der Waals surface area (Å²) in [6.45, 7) is 3.56. The maximum atomic E-state index is 15.3. The quantitative estimate of drug-likeness (QED) is 0.294. The Balaban J connectivity index is 1.60. The van der Waals surface area contributed by atoms with Gasteiger partial charge in [0.25, 0.3) is 0 Å². The van der Waals surface area contributed by atoms with E-state index in [-0.39, 0.29) is 53.2 Å². The average molecular weight is 693 g/mol. The number of halogens is 6. The number of aliphatic hydroxyl groups is 1. The Hall–Kier alpha value is -2.92. The molecule has 4 aliphatic rings. The molecule has 0 aromatic heterocycles. The van der Waals surface area contributed by atoms with Crippen LogP contribution in [-0.4, -0.2) is 104 Å². The van der Waals surface area contributed by atoms with E-state index < -0.39 is 85.5 Å². The Morgan fingerprint density at radius 2 is 1.89 bits per heavy atom. The minimum atomic E-state index is -5.04. The number of benzene rings is 2. The SMILES string of the molecule is C=CC(=O)N1CCN(C2=NC(O)N3c4c2cc(C(F)(F)F)c(-c2cc(Cl)c(F)cc2F)c4SC[C@@H]3COC)C2CS(=O)(=O)CC21. The van der Waals surface area contributed by atoms with Crippen molar-refractivity contribution in [3.63, 3.8) is 0 Å². The van der Waals surface area contributed by atoms with E-state index in [1.54, 1.807) is 0 Å². The Bertz CT molecular complexity index is 1740. The molecule has 3 unspecified atom stereocenters. The molecule has 2 aromatic rings. The molecule has 17 heteroatoms. The van der Waals surface area contributed by atoms with Gasteiger partial charge in [0.05, 0.1) is 52.5 Å². The number of aliphatic hydroxyl groups excluding tert-OH is 1. The van der Waals surface area contributed by atoms with Gasteiger partial charge >= 0.3 is 6.18 Å². The second-order valence-electron chi connectivity index (χ2n) is 11.0. The van der Waals surface area contributed by atoms with Crippen LogP contribution >= 0.6 is 23.4 Å². The first kappa shape index (κ1) is 32.0. The summed E-state index contributed by atoms with van der Waals surface area (Å²) in [5, 5.41) is 10.8. The molecule has 45 heavy (non-hydrogen) atoms. The van der Waals surface area contributed by atoms with Crippen LogP contribution in [0.2, 0.25) is 5.02 Å². The minimum absolute atomic E-state index is 0.00344. The number of carbonyl (C=O) groups excluding carboxylic acids is 1. The Labute approximate surface area is 264 Å². The van der Waals surface area contributed by atoms with Crippen LogP contribution in [-0.2, 0) is 25.5 Å². The van der Waals surface area contributed by atoms with Gasteiger partial charge in [-0.25, -0.2) is 22.2 Å². The number of carbonyl (C=O) groups is 1. The van der Waals surface area contributed by atoms with Crippen LogP contribution in [0.5, 0.6) is 0 Å². The Morgan fingerprint density at radius 3 is 2.56 bits per heavy atom. The molecule has 4 atom stereocenters. The molecule has 4 heterocycles. The molecule has 0 bridgehead atoms. The summed E-state index contributed by atoms with van der Waals surface area (Å²) in [7, 11) is -2.24. The number of hydrogen-bond donors (Lipinski definition) is 1. The second kappa shape index (κ2) is 11.4. The number of thioether (sulfide) groups is 1. The van der Waals surface area contributed by atoms with Gasteiger partial charge < -0.3 is 24.5 Å². The van der Waals surface area contributed by atoms with Crippen LogP contribution in [0.25, 0.3) is 11.1 Å². The van der Waals surface area contributed by atoms with Crippen LogP contribution in [0.4, 0.5) is 27.6 Å². The number of sulfone groups is 1. The average Bonchev–Trinajstić information content (AvgIpc) is 3.30. The first-order valence-electron chi connectivity index (χ1n) is 13.7. The Morgan fingerprint density at radius 1 is 1.18 bits per heavy atom. The fourth-order valence-electron chi connectivity index (χ4n) is 6.56. The summed E-state index contributed by atoms with van der Waals surface area (Å²) in [4.78, 5) is 21.2. The van der Waals surface area contributed by atoms with E-state index in [4.69, 9.17) is 16.3 Å². The molecule has 0 saturated carbocycles. The third-order valence-electron chi connectivity index (χ3n) is 8.40. The number of ether oxygens (including phenoxy) is 1. The third kappa shape index (κ3) is 5.37. The minimum Gasteiger partial charge on any atom is -0.383 e. The number of nitrogens with zero attached hydrogens (tertiary/aromatic N) is 4. The molecule has 0 spiro atoms. The molecule has 0 aliphatic carbocycles. The monoisotopic (exact) mass is 692 g/mol. The van der Waals surface area contributed by atoms with Gasteiger partial charge in [-0.05, 0) is 18.2 Å². The number of hydrogen-bond acceptors (Lipinski definition) is 9. The molecule has 2 saturated heterocycles. The second-order valence-corrected chi connectivity index (χ2v) is 14.6. The highest BCUT2D eigenvalue weighted by Crippen LogP contribution is 2.53. The van der Waals surface area contributed by atoms with Gasteiger partial charge in [0.2, 0.25) is 12.3 Å².